The minimum absolute atomic E-state index is 0.0679. The van der Waals surface area contributed by atoms with Crippen molar-refractivity contribution in [2.75, 3.05) is 13.7 Å². The molecule has 1 aliphatic rings. The number of hydrazone groups is 1. The SMILES string of the molecule is COc1cc2c(OC3=C(F)CC(C=NNC(N)=O)(c4ccccc4F)C=C3)ccnc2cc1OCCCc1cccc2nc3ccccc3cc12. The molecule has 0 spiro atoms. The highest BCUT2D eigenvalue weighted by molar-refractivity contribution is 5.94. The van der Waals surface area contributed by atoms with Crippen molar-refractivity contribution in [3.05, 3.63) is 138 Å². The summed E-state index contributed by atoms with van der Waals surface area (Å²) < 4.78 is 48.7. The molecular formula is C40H33F2N5O4. The van der Waals surface area contributed by atoms with E-state index in [0.717, 1.165) is 34.6 Å². The summed E-state index contributed by atoms with van der Waals surface area (Å²) in [6.07, 6.45) is 7.02. The van der Waals surface area contributed by atoms with Gasteiger partial charge in [-0.1, -0.05) is 54.6 Å². The number of hydrogen-bond acceptors (Lipinski definition) is 7. The van der Waals surface area contributed by atoms with Crippen LogP contribution in [0.5, 0.6) is 17.2 Å². The fraction of sp³-hybridized carbons (Fsp3) is 0.150. The number of primary amides is 1. The summed E-state index contributed by atoms with van der Waals surface area (Å²) in [5, 5.41) is 6.63. The number of pyridine rings is 2. The molecule has 51 heavy (non-hydrogen) atoms. The molecule has 0 bridgehead atoms. The molecule has 2 aromatic heterocycles. The van der Waals surface area contributed by atoms with E-state index in [1.54, 1.807) is 43.6 Å². The van der Waals surface area contributed by atoms with Crippen LogP contribution in [0.15, 0.2) is 126 Å². The molecule has 0 radical (unpaired) electrons. The Morgan fingerprint density at radius 2 is 1.76 bits per heavy atom. The molecule has 3 N–H and O–H groups in total. The molecule has 9 nitrogen and oxygen atoms in total. The van der Waals surface area contributed by atoms with Crippen LogP contribution in [0.25, 0.3) is 32.7 Å². The van der Waals surface area contributed by atoms with Gasteiger partial charge in [0.05, 0.1) is 35.7 Å². The Balaban J connectivity index is 1.08. The lowest BCUT2D eigenvalue weighted by molar-refractivity contribution is 0.249. The molecule has 11 heteroatoms. The van der Waals surface area contributed by atoms with E-state index in [2.05, 4.69) is 33.7 Å². The van der Waals surface area contributed by atoms with Crippen molar-refractivity contribution in [1.82, 2.24) is 15.4 Å². The monoisotopic (exact) mass is 685 g/mol. The second-order valence-corrected chi connectivity index (χ2v) is 12.1. The fourth-order valence-corrected chi connectivity index (χ4v) is 6.33. The maximum absolute atomic E-state index is 15.8. The number of hydrogen-bond donors (Lipinski definition) is 2. The Hall–Kier alpha value is -6.36. The number of methoxy groups -OCH3 is 1. The van der Waals surface area contributed by atoms with E-state index >= 15 is 4.39 Å². The molecule has 0 aliphatic heterocycles. The van der Waals surface area contributed by atoms with Gasteiger partial charge in [0.15, 0.2) is 17.3 Å². The van der Waals surface area contributed by atoms with Crippen molar-refractivity contribution >= 4 is 45.0 Å². The summed E-state index contributed by atoms with van der Waals surface area (Å²) in [7, 11) is 1.54. The number of nitrogens with two attached hydrogens (primary N) is 1. The van der Waals surface area contributed by atoms with Gasteiger partial charge >= 0.3 is 6.03 Å². The number of urea groups is 1. The highest BCUT2D eigenvalue weighted by Gasteiger charge is 2.36. The van der Waals surface area contributed by atoms with Crippen molar-refractivity contribution in [2.24, 2.45) is 10.8 Å². The third-order valence-electron chi connectivity index (χ3n) is 8.80. The largest absolute Gasteiger partial charge is 0.493 e. The number of rotatable bonds is 11. The lowest BCUT2D eigenvalue weighted by Crippen LogP contribution is -2.32. The Morgan fingerprint density at radius 1 is 0.941 bits per heavy atom. The number of carbonyl (C=O) groups is 1. The zero-order valence-electron chi connectivity index (χ0n) is 27.6. The van der Waals surface area contributed by atoms with E-state index in [-0.39, 0.29) is 17.7 Å². The molecular weight excluding hydrogens is 652 g/mol. The smallest absolute Gasteiger partial charge is 0.332 e. The van der Waals surface area contributed by atoms with Crippen LogP contribution in [-0.4, -0.2) is 35.9 Å². The molecule has 1 atom stereocenters. The lowest BCUT2D eigenvalue weighted by atomic mass is 9.75. The van der Waals surface area contributed by atoms with Crippen LogP contribution < -0.4 is 25.4 Å². The number of nitrogens with zero attached hydrogens (tertiary/aromatic N) is 3. The number of amides is 2. The number of benzene rings is 4. The first-order valence-corrected chi connectivity index (χ1v) is 16.3. The van der Waals surface area contributed by atoms with Gasteiger partial charge in [-0.3, -0.25) is 4.98 Å². The number of aryl methyl sites for hydroxylation is 1. The fourth-order valence-electron chi connectivity index (χ4n) is 6.33. The Bertz CT molecular complexity index is 2380. The molecule has 1 unspecified atom stereocenters. The van der Waals surface area contributed by atoms with E-state index in [9.17, 15) is 9.18 Å². The van der Waals surface area contributed by atoms with E-state index in [1.807, 2.05) is 30.3 Å². The molecule has 0 saturated heterocycles. The van der Waals surface area contributed by atoms with Crippen LogP contribution in [0.2, 0.25) is 0 Å². The summed E-state index contributed by atoms with van der Waals surface area (Å²) in [6, 6.07) is 26.6. The number of carbonyl (C=O) groups excluding carboxylic acids is 1. The van der Waals surface area contributed by atoms with Gasteiger partial charge in [0.2, 0.25) is 0 Å². The number of allylic oxidation sites excluding steroid dienone is 3. The van der Waals surface area contributed by atoms with E-state index in [4.69, 9.17) is 24.9 Å². The minimum atomic E-state index is -1.35. The normalized spacial score (nSPS) is 15.9. The van der Waals surface area contributed by atoms with E-state index < -0.39 is 23.1 Å². The zero-order valence-corrected chi connectivity index (χ0v) is 27.6. The highest BCUT2D eigenvalue weighted by atomic mass is 19.1. The van der Waals surface area contributed by atoms with Crippen LogP contribution in [-0.2, 0) is 11.8 Å². The van der Waals surface area contributed by atoms with Gasteiger partial charge in [0.1, 0.15) is 17.4 Å². The minimum Gasteiger partial charge on any atom is -0.493 e. The van der Waals surface area contributed by atoms with Crippen molar-refractivity contribution < 1.29 is 27.8 Å². The van der Waals surface area contributed by atoms with Crippen molar-refractivity contribution in [3.8, 4) is 17.2 Å². The summed E-state index contributed by atoms with van der Waals surface area (Å²) in [5.74, 6) is 0.0297. The van der Waals surface area contributed by atoms with Crippen LogP contribution in [0.3, 0.4) is 0 Å². The van der Waals surface area contributed by atoms with E-state index in [1.165, 1.54) is 36.1 Å². The molecule has 7 rings (SSSR count). The third-order valence-corrected chi connectivity index (χ3v) is 8.80. The zero-order chi connectivity index (χ0) is 35.4. The Morgan fingerprint density at radius 3 is 2.59 bits per heavy atom. The second kappa shape index (κ2) is 14.2. The number of ether oxygens (including phenoxy) is 3. The first-order chi connectivity index (χ1) is 24.8. The standard InChI is InChI=1S/C40H33F2N5O4/c1-49-37-21-28-34(22-38(37)50-19-7-10-25-9-6-14-33-27(25)20-26-8-2-5-13-32(26)46-33)44-18-16-35(28)51-36-15-17-40(23-31(36)42,24-45-47-39(43)48)29-11-3-4-12-30(29)41/h2-6,8-9,11-18,20-22,24H,7,10,19,23H2,1H3,(H3,43,47,48). The Kier molecular flexibility index (Phi) is 9.26. The van der Waals surface area contributed by atoms with Crippen molar-refractivity contribution in [3.63, 3.8) is 0 Å². The van der Waals surface area contributed by atoms with Gasteiger partial charge in [0, 0.05) is 46.6 Å². The first-order valence-electron chi connectivity index (χ1n) is 16.3. The van der Waals surface area contributed by atoms with Crippen LogP contribution in [0.4, 0.5) is 13.6 Å². The first kappa shape index (κ1) is 33.2. The molecule has 0 fully saturated rings. The van der Waals surface area contributed by atoms with E-state index in [0.29, 0.717) is 34.8 Å². The predicted molar refractivity (Wildman–Crippen MR) is 193 cm³/mol. The maximum atomic E-state index is 15.8. The maximum Gasteiger partial charge on any atom is 0.332 e. The number of para-hydroxylation sites is 1. The van der Waals surface area contributed by atoms with Crippen molar-refractivity contribution in [1.29, 1.82) is 0 Å². The quantitative estimate of drug-likeness (QED) is 0.0614. The average molecular weight is 686 g/mol. The molecule has 4 aromatic carbocycles. The topological polar surface area (TPSA) is 121 Å². The van der Waals surface area contributed by atoms with Crippen molar-refractivity contribution in [2.45, 2.75) is 24.7 Å². The number of nitrogens with one attached hydrogen (secondary N) is 1. The van der Waals surface area contributed by atoms with Gasteiger partial charge in [-0.15, -0.1) is 0 Å². The second-order valence-electron chi connectivity index (χ2n) is 12.1. The lowest BCUT2D eigenvalue weighted by Gasteiger charge is -2.30. The summed E-state index contributed by atoms with van der Waals surface area (Å²) >= 11 is 0. The highest BCUT2D eigenvalue weighted by Crippen LogP contribution is 2.41. The van der Waals surface area contributed by atoms with Gasteiger partial charge in [0.25, 0.3) is 0 Å². The Labute approximate surface area is 292 Å². The van der Waals surface area contributed by atoms with Gasteiger partial charge in [-0.25, -0.2) is 24.0 Å². The molecule has 6 aromatic rings. The van der Waals surface area contributed by atoms with Gasteiger partial charge in [-0.2, -0.15) is 5.10 Å². The summed E-state index contributed by atoms with van der Waals surface area (Å²) in [6.45, 7) is 0.431. The molecule has 0 saturated carbocycles. The number of aromatic nitrogens is 2. The van der Waals surface area contributed by atoms with Gasteiger partial charge < -0.3 is 19.9 Å². The molecule has 256 valence electrons. The van der Waals surface area contributed by atoms with Crippen LogP contribution in [0.1, 0.15) is 24.0 Å². The predicted octanol–water partition coefficient (Wildman–Crippen LogP) is 8.21. The summed E-state index contributed by atoms with van der Waals surface area (Å²) in [4.78, 5) is 20.5. The number of fused-ring (bicyclic) bond motifs is 3. The molecule has 2 amide bonds. The van der Waals surface area contributed by atoms with Crippen LogP contribution in [0, 0.1) is 5.82 Å². The van der Waals surface area contributed by atoms with Gasteiger partial charge in [-0.05, 0) is 60.9 Å². The van der Waals surface area contributed by atoms with Crippen LogP contribution >= 0.6 is 0 Å². The average Bonchev–Trinajstić information content (AvgIpc) is 3.13. The summed E-state index contributed by atoms with van der Waals surface area (Å²) in [5.41, 5.74) is 9.73. The molecule has 1 aliphatic carbocycles. The third kappa shape index (κ3) is 6.91. The molecule has 2 heterocycles. The number of halogens is 2.